The topological polar surface area (TPSA) is 105 Å². The summed E-state index contributed by atoms with van der Waals surface area (Å²) in [6.45, 7) is 3.81. The van der Waals surface area contributed by atoms with Crippen LogP contribution in [0.5, 0.6) is 5.75 Å². The zero-order valence-electron chi connectivity index (χ0n) is 16.5. The fraction of sp³-hybridized carbons (Fsp3) is 0.318. The first-order chi connectivity index (χ1) is 13.9. The normalized spacial score (nSPS) is 13.5. The van der Waals surface area contributed by atoms with Gasteiger partial charge in [-0.25, -0.2) is 0 Å². The maximum Gasteiger partial charge on any atom is 0.266 e. The van der Waals surface area contributed by atoms with Crippen molar-refractivity contribution in [1.82, 2.24) is 0 Å². The van der Waals surface area contributed by atoms with Gasteiger partial charge in [-0.2, -0.15) is 5.26 Å². The molecule has 1 aromatic heterocycles. The standard InChI is InChI=1S/C22H23N3O3S/c1-13(2)28-17-9-5-3-7-14(17)11-15(12-23)21(27)25-22-19(20(24)26)16-8-4-6-10-18(16)29-22/h3,5,7,9,11,13H,4,6,8,10H2,1-2H3,(H2,24,26)(H,25,27)/b15-11+. The SMILES string of the molecule is CC(C)Oc1ccccc1/C=C(\C#N)C(=O)Nc1sc2c(c1C(N)=O)CCCC2. The third-order valence-electron chi connectivity index (χ3n) is 4.59. The minimum absolute atomic E-state index is 0.0422. The molecule has 3 rings (SSSR count). The van der Waals surface area contributed by atoms with E-state index in [4.69, 9.17) is 10.5 Å². The number of hydrogen-bond acceptors (Lipinski definition) is 5. The van der Waals surface area contributed by atoms with E-state index in [1.807, 2.05) is 32.0 Å². The van der Waals surface area contributed by atoms with Crippen molar-refractivity contribution >= 4 is 34.2 Å². The molecule has 6 nitrogen and oxygen atoms in total. The first-order valence-corrected chi connectivity index (χ1v) is 10.4. The van der Waals surface area contributed by atoms with Crippen LogP contribution in [0.4, 0.5) is 5.00 Å². The molecule has 150 valence electrons. The second-order valence-electron chi connectivity index (χ2n) is 7.11. The summed E-state index contributed by atoms with van der Waals surface area (Å²) in [6.07, 6.45) is 5.14. The Labute approximate surface area is 174 Å². The van der Waals surface area contributed by atoms with Crippen molar-refractivity contribution in [3.05, 3.63) is 51.4 Å². The molecular weight excluding hydrogens is 386 g/mol. The summed E-state index contributed by atoms with van der Waals surface area (Å²) in [5, 5.41) is 12.7. The number of nitrogens with zero attached hydrogens (tertiary/aromatic N) is 1. The Balaban J connectivity index is 1.91. The van der Waals surface area contributed by atoms with Gasteiger partial charge in [-0.15, -0.1) is 11.3 Å². The third-order valence-corrected chi connectivity index (χ3v) is 5.80. The highest BCUT2D eigenvalue weighted by molar-refractivity contribution is 7.17. The Hall–Kier alpha value is -3.11. The summed E-state index contributed by atoms with van der Waals surface area (Å²) in [5.41, 5.74) is 7.44. The lowest BCUT2D eigenvalue weighted by Gasteiger charge is -2.12. The van der Waals surface area contributed by atoms with Crippen molar-refractivity contribution < 1.29 is 14.3 Å². The number of carbonyl (C=O) groups excluding carboxylic acids is 2. The third kappa shape index (κ3) is 4.66. The van der Waals surface area contributed by atoms with E-state index in [0.717, 1.165) is 36.1 Å². The smallest absolute Gasteiger partial charge is 0.266 e. The number of rotatable bonds is 6. The van der Waals surface area contributed by atoms with Gasteiger partial charge in [-0.3, -0.25) is 9.59 Å². The summed E-state index contributed by atoms with van der Waals surface area (Å²) in [6, 6.07) is 9.15. The highest BCUT2D eigenvalue weighted by Gasteiger charge is 2.25. The van der Waals surface area contributed by atoms with Gasteiger partial charge in [0.05, 0.1) is 11.7 Å². The van der Waals surface area contributed by atoms with E-state index in [-0.39, 0.29) is 11.7 Å². The summed E-state index contributed by atoms with van der Waals surface area (Å²) in [7, 11) is 0. The van der Waals surface area contributed by atoms with Gasteiger partial charge < -0.3 is 15.8 Å². The molecule has 0 unspecified atom stereocenters. The molecule has 0 radical (unpaired) electrons. The number of anilines is 1. The van der Waals surface area contributed by atoms with Crippen LogP contribution in [0.3, 0.4) is 0 Å². The minimum Gasteiger partial charge on any atom is -0.490 e. The number of hydrogen-bond donors (Lipinski definition) is 2. The van der Waals surface area contributed by atoms with E-state index in [9.17, 15) is 14.9 Å². The van der Waals surface area contributed by atoms with Crippen LogP contribution in [0, 0.1) is 11.3 Å². The summed E-state index contributed by atoms with van der Waals surface area (Å²) in [4.78, 5) is 25.9. The molecule has 3 N–H and O–H groups in total. The van der Waals surface area contributed by atoms with E-state index in [1.54, 1.807) is 12.1 Å². The van der Waals surface area contributed by atoms with Gasteiger partial charge in [0.15, 0.2) is 0 Å². The lowest BCUT2D eigenvalue weighted by Crippen LogP contribution is -2.19. The number of thiophene rings is 1. The zero-order valence-corrected chi connectivity index (χ0v) is 17.3. The predicted molar refractivity (Wildman–Crippen MR) is 114 cm³/mol. The van der Waals surface area contributed by atoms with Crippen LogP contribution in [0.2, 0.25) is 0 Å². The van der Waals surface area contributed by atoms with Gasteiger partial charge in [0.2, 0.25) is 0 Å². The molecule has 2 amide bonds. The summed E-state index contributed by atoms with van der Waals surface area (Å²) in [5.74, 6) is -0.543. The summed E-state index contributed by atoms with van der Waals surface area (Å²) < 4.78 is 5.75. The molecule has 7 heteroatoms. The van der Waals surface area contributed by atoms with Crippen LogP contribution in [-0.4, -0.2) is 17.9 Å². The van der Waals surface area contributed by atoms with E-state index in [1.165, 1.54) is 17.4 Å². The van der Waals surface area contributed by atoms with E-state index in [2.05, 4.69) is 5.32 Å². The van der Waals surface area contributed by atoms with Gasteiger partial charge in [0.1, 0.15) is 22.4 Å². The Kier molecular flexibility index (Phi) is 6.35. The Bertz CT molecular complexity index is 1010. The first-order valence-electron chi connectivity index (χ1n) is 9.54. The number of benzene rings is 1. The van der Waals surface area contributed by atoms with Crippen molar-refractivity contribution in [2.45, 2.75) is 45.6 Å². The Morgan fingerprint density at radius 1 is 1.28 bits per heavy atom. The average molecular weight is 410 g/mol. The van der Waals surface area contributed by atoms with Gasteiger partial charge >= 0.3 is 0 Å². The Morgan fingerprint density at radius 3 is 2.69 bits per heavy atom. The van der Waals surface area contributed by atoms with E-state index < -0.39 is 11.8 Å². The number of nitriles is 1. The number of primary amides is 1. The molecule has 0 fully saturated rings. The molecule has 0 spiro atoms. The molecule has 29 heavy (non-hydrogen) atoms. The molecule has 1 heterocycles. The van der Waals surface area contributed by atoms with Crippen LogP contribution in [0.15, 0.2) is 29.8 Å². The van der Waals surface area contributed by atoms with Gasteiger partial charge in [-0.1, -0.05) is 18.2 Å². The maximum absolute atomic E-state index is 12.8. The van der Waals surface area contributed by atoms with Gasteiger partial charge in [0.25, 0.3) is 11.8 Å². The van der Waals surface area contributed by atoms with Crippen LogP contribution in [-0.2, 0) is 17.6 Å². The van der Waals surface area contributed by atoms with E-state index >= 15 is 0 Å². The number of para-hydroxylation sites is 1. The van der Waals surface area contributed by atoms with E-state index in [0.29, 0.717) is 21.9 Å². The first kappa shape index (κ1) is 20.6. The van der Waals surface area contributed by atoms with Crippen LogP contribution < -0.4 is 15.8 Å². The van der Waals surface area contributed by atoms with Crippen molar-refractivity contribution in [3.8, 4) is 11.8 Å². The van der Waals surface area contributed by atoms with Crippen molar-refractivity contribution in [2.24, 2.45) is 5.73 Å². The molecule has 0 aliphatic heterocycles. The predicted octanol–water partition coefficient (Wildman–Crippen LogP) is 4.06. The molecular formula is C22H23N3O3S. The summed E-state index contributed by atoms with van der Waals surface area (Å²) >= 11 is 1.37. The molecule has 1 aliphatic carbocycles. The number of amides is 2. The number of carbonyl (C=O) groups is 2. The van der Waals surface area contributed by atoms with Crippen LogP contribution in [0.1, 0.15) is 53.1 Å². The van der Waals surface area contributed by atoms with Crippen LogP contribution in [0.25, 0.3) is 6.08 Å². The molecule has 0 bridgehead atoms. The lowest BCUT2D eigenvalue weighted by molar-refractivity contribution is -0.112. The van der Waals surface area contributed by atoms with Crippen LogP contribution >= 0.6 is 11.3 Å². The highest BCUT2D eigenvalue weighted by atomic mass is 32.1. The molecule has 2 aromatic rings. The maximum atomic E-state index is 12.8. The minimum atomic E-state index is -0.576. The lowest BCUT2D eigenvalue weighted by atomic mass is 9.95. The number of nitrogens with one attached hydrogen (secondary N) is 1. The van der Waals surface area contributed by atoms with Crippen molar-refractivity contribution in [2.75, 3.05) is 5.32 Å². The molecule has 1 aliphatic rings. The fourth-order valence-electron chi connectivity index (χ4n) is 3.35. The number of ether oxygens (including phenoxy) is 1. The number of nitrogens with two attached hydrogens (primary N) is 1. The second-order valence-corrected chi connectivity index (χ2v) is 8.21. The molecule has 0 atom stereocenters. The van der Waals surface area contributed by atoms with Gasteiger partial charge in [0, 0.05) is 10.4 Å². The molecule has 0 saturated heterocycles. The fourth-order valence-corrected chi connectivity index (χ4v) is 4.64. The Morgan fingerprint density at radius 2 is 2.00 bits per heavy atom. The molecule has 0 saturated carbocycles. The zero-order chi connectivity index (χ0) is 21.0. The number of aryl methyl sites for hydroxylation is 1. The quantitative estimate of drug-likeness (QED) is 0.554. The number of fused-ring (bicyclic) bond motifs is 1. The van der Waals surface area contributed by atoms with Crippen molar-refractivity contribution in [1.29, 1.82) is 5.26 Å². The molecule has 1 aromatic carbocycles. The highest BCUT2D eigenvalue weighted by Crippen LogP contribution is 2.38. The second kappa shape index (κ2) is 8.93. The largest absolute Gasteiger partial charge is 0.490 e. The monoisotopic (exact) mass is 409 g/mol. The van der Waals surface area contributed by atoms with Crippen molar-refractivity contribution in [3.63, 3.8) is 0 Å². The van der Waals surface area contributed by atoms with Gasteiger partial charge in [-0.05, 0) is 57.2 Å². The average Bonchev–Trinajstić information content (AvgIpc) is 3.04.